The third-order valence-corrected chi connectivity index (χ3v) is 2.63. The molecule has 2 aromatic heterocycles. The minimum Gasteiger partial charge on any atom is -0.355 e. The fourth-order valence-electron chi connectivity index (χ4n) is 1.11. The fraction of sp³-hybridized carbons (Fsp3) is 0.375. The van der Waals surface area contributed by atoms with Crippen molar-refractivity contribution in [3.8, 4) is 0 Å². The lowest BCUT2D eigenvalue weighted by molar-refractivity contribution is 0.720. The van der Waals surface area contributed by atoms with Gasteiger partial charge in [-0.3, -0.25) is 4.68 Å². The first-order valence-electron chi connectivity index (χ1n) is 4.27. The van der Waals surface area contributed by atoms with E-state index in [2.05, 4.69) is 19.8 Å². The fourth-order valence-corrected chi connectivity index (χ4v) is 1.68. The number of aryl methyl sites for hydroxylation is 2. The smallest absolute Gasteiger partial charge is 0.202 e. The van der Waals surface area contributed by atoms with Crippen molar-refractivity contribution in [2.75, 3.05) is 5.32 Å². The van der Waals surface area contributed by atoms with Crippen LogP contribution >= 0.6 is 11.5 Å². The van der Waals surface area contributed by atoms with Crippen molar-refractivity contribution in [1.29, 1.82) is 0 Å². The minimum atomic E-state index is 0.727. The van der Waals surface area contributed by atoms with Gasteiger partial charge < -0.3 is 5.32 Å². The second-order valence-electron chi connectivity index (χ2n) is 2.95. The van der Waals surface area contributed by atoms with Gasteiger partial charge in [0, 0.05) is 24.8 Å². The standard InChI is InChI=1S/C8H11N5S/c1-6-11-8(14-12-6)9-5-7-3-4-10-13(7)2/h3-4H,5H2,1-2H3,(H,9,11,12). The molecular weight excluding hydrogens is 198 g/mol. The van der Waals surface area contributed by atoms with E-state index in [4.69, 9.17) is 0 Å². The average Bonchev–Trinajstić information content (AvgIpc) is 2.72. The van der Waals surface area contributed by atoms with Crippen LogP contribution in [0.1, 0.15) is 11.5 Å². The summed E-state index contributed by atoms with van der Waals surface area (Å²) in [5, 5.41) is 8.12. The molecule has 6 heteroatoms. The maximum atomic E-state index is 4.21. The van der Waals surface area contributed by atoms with Crippen LogP contribution in [-0.2, 0) is 13.6 Å². The lowest BCUT2D eigenvalue weighted by Gasteiger charge is -2.01. The lowest BCUT2D eigenvalue weighted by atomic mass is 10.4. The van der Waals surface area contributed by atoms with Crippen LogP contribution in [0.3, 0.4) is 0 Å². The summed E-state index contributed by atoms with van der Waals surface area (Å²) in [6.45, 7) is 2.61. The predicted octanol–water partition coefficient (Wildman–Crippen LogP) is 1.19. The molecule has 0 atom stereocenters. The molecule has 0 aliphatic carbocycles. The summed E-state index contributed by atoms with van der Waals surface area (Å²) in [6, 6.07) is 1.97. The maximum Gasteiger partial charge on any atom is 0.202 e. The number of hydrogen-bond donors (Lipinski definition) is 1. The van der Waals surface area contributed by atoms with Crippen LogP contribution in [-0.4, -0.2) is 19.1 Å². The van der Waals surface area contributed by atoms with Crippen molar-refractivity contribution < 1.29 is 0 Å². The van der Waals surface area contributed by atoms with Gasteiger partial charge in [-0.25, -0.2) is 4.98 Å². The van der Waals surface area contributed by atoms with E-state index in [9.17, 15) is 0 Å². The third kappa shape index (κ3) is 1.90. The van der Waals surface area contributed by atoms with Crippen molar-refractivity contribution in [3.63, 3.8) is 0 Å². The normalized spacial score (nSPS) is 10.4. The molecule has 0 saturated heterocycles. The zero-order valence-electron chi connectivity index (χ0n) is 8.06. The molecule has 0 amide bonds. The second kappa shape index (κ2) is 3.75. The van der Waals surface area contributed by atoms with Crippen LogP contribution in [0.4, 0.5) is 5.13 Å². The Labute approximate surface area is 86.0 Å². The van der Waals surface area contributed by atoms with Crippen molar-refractivity contribution in [3.05, 3.63) is 23.8 Å². The van der Waals surface area contributed by atoms with Gasteiger partial charge in [-0.1, -0.05) is 0 Å². The van der Waals surface area contributed by atoms with Gasteiger partial charge in [-0.05, 0) is 13.0 Å². The Morgan fingerprint density at radius 3 is 3.00 bits per heavy atom. The lowest BCUT2D eigenvalue weighted by Crippen LogP contribution is -2.05. The van der Waals surface area contributed by atoms with Crippen LogP contribution in [0.25, 0.3) is 0 Å². The van der Waals surface area contributed by atoms with Crippen molar-refractivity contribution in [1.82, 2.24) is 19.1 Å². The first-order valence-corrected chi connectivity index (χ1v) is 5.04. The summed E-state index contributed by atoms with van der Waals surface area (Å²) < 4.78 is 5.92. The first-order chi connectivity index (χ1) is 6.75. The first kappa shape index (κ1) is 9.14. The molecule has 2 aromatic rings. The van der Waals surface area contributed by atoms with E-state index in [-0.39, 0.29) is 0 Å². The third-order valence-electron chi connectivity index (χ3n) is 1.87. The van der Waals surface area contributed by atoms with Gasteiger partial charge in [0.1, 0.15) is 5.82 Å². The molecule has 2 heterocycles. The van der Waals surface area contributed by atoms with E-state index in [1.165, 1.54) is 11.5 Å². The zero-order valence-corrected chi connectivity index (χ0v) is 8.88. The summed E-state index contributed by atoms with van der Waals surface area (Å²) in [5.74, 6) is 0.808. The Bertz CT molecular complexity index is 419. The van der Waals surface area contributed by atoms with E-state index in [1.54, 1.807) is 6.20 Å². The number of nitrogens with one attached hydrogen (secondary N) is 1. The predicted molar refractivity (Wildman–Crippen MR) is 55.2 cm³/mol. The molecule has 0 aromatic carbocycles. The van der Waals surface area contributed by atoms with Gasteiger partial charge in [0.25, 0.3) is 0 Å². The molecule has 0 bridgehead atoms. The number of hydrogen-bond acceptors (Lipinski definition) is 5. The number of anilines is 1. The minimum absolute atomic E-state index is 0.727. The maximum absolute atomic E-state index is 4.21. The van der Waals surface area contributed by atoms with Gasteiger partial charge in [-0.2, -0.15) is 9.47 Å². The summed E-state index contributed by atoms with van der Waals surface area (Å²) >= 11 is 1.38. The molecule has 74 valence electrons. The van der Waals surface area contributed by atoms with E-state index < -0.39 is 0 Å². The Morgan fingerprint density at radius 2 is 2.43 bits per heavy atom. The quantitative estimate of drug-likeness (QED) is 0.825. The highest BCUT2D eigenvalue weighted by atomic mass is 32.1. The molecule has 0 radical (unpaired) electrons. The highest BCUT2D eigenvalue weighted by molar-refractivity contribution is 7.09. The van der Waals surface area contributed by atoms with Crippen molar-refractivity contribution in [2.24, 2.45) is 7.05 Å². The summed E-state index contributed by atoms with van der Waals surface area (Å²) in [6.07, 6.45) is 1.78. The molecule has 0 aliphatic rings. The monoisotopic (exact) mass is 209 g/mol. The molecule has 0 unspecified atom stereocenters. The largest absolute Gasteiger partial charge is 0.355 e. The Hall–Kier alpha value is -1.43. The summed E-state index contributed by atoms with van der Waals surface area (Å²) in [4.78, 5) is 4.21. The van der Waals surface area contributed by atoms with E-state index in [1.807, 2.05) is 24.7 Å². The Kier molecular flexibility index (Phi) is 2.45. The molecule has 0 saturated carbocycles. The van der Waals surface area contributed by atoms with Gasteiger partial charge in [0.05, 0.1) is 12.2 Å². The Balaban J connectivity index is 1.98. The van der Waals surface area contributed by atoms with E-state index in [0.29, 0.717) is 0 Å². The highest BCUT2D eigenvalue weighted by Gasteiger charge is 2.01. The van der Waals surface area contributed by atoms with Crippen LogP contribution < -0.4 is 5.32 Å². The van der Waals surface area contributed by atoms with E-state index in [0.717, 1.165) is 23.2 Å². The highest BCUT2D eigenvalue weighted by Crippen LogP contribution is 2.11. The van der Waals surface area contributed by atoms with Gasteiger partial charge in [-0.15, -0.1) is 0 Å². The molecule has 0 fully saturated rings. The average molecular weight is 209 g/mol. The zero-order chi connectivity index (χ0) is 9.97. The molecular formula is C8H11N5S. The second-order valence-corrected chi connectivity index (χ2v) is 3.70. The van der Waals surface area contributed by atoms with Crippen molar-refractivity contribution in [2.45, 2.75) is 13.5 Å². The SMILES string of the molecule is Cc1nsc(NCc2ccnn2C)n1. The van der Waals surface area contributed by atoms with Crippen LogP contribution in [0.15, 0.2) is 12.3 Å². The number of aromatic nitrogens is 4. The molecule has 0 spiro atoms. The van der Waals surface area contributed by atoms with Gasteiger partial charge in [0.15, 0.2) is 0 Å². The summed E-state index contributed by atoms with van der Waals surface area (Å²) in [5.41, 5.74) is 1.12. The molecule has 14 heavy (non-hydrogen) atoms. The topological polar surface area (TPSA) is 55.6 Å². The van der Waals surface area contributed by atoms with E-state index >= 15 is 0 Å². The van der Waals surface area contributed by atoms with Crippen LogP contribution in [0.5, 0.6) is 0 Å². The van der Waals surface area contributed by atoms with Gasteiger partial charge in [0.2, 0.25) is 5.13 Å². The van der Waals surface area contributed by atoms with Crippen molar-refractivity contribution >= 4 is 16.7 Å². The van der Waals surface area contributed by atoms with Gasteiger partial charge >= 0.3 is 0 Å². The molecule has 5 nitrogen and oxygen atoms in total. The Morgan fingerprint density at radius 1 is 1.57 bits per heavy atom. The summed E-state index contributed by atoms with van der Waals surface area (Å²) in [7, 11) is 1.92. The number of nitrogens with zero attached hydrogens (tertiary/aromatic N) is 4. The molecule has 0 aliphatic heterocycles. The molecule has 1 N–H and O–H groups in total. The van der Waals surface area contributed by atoms with Crippen LogP contribution in [0.2, 0.25) is 0 Å². The number of rotatable bonds is 3. The van der Waals surface area contributed by atoms with Crippen LogP contribution in [0, 0.1) is 6.92 Å². The molecule has 2 rings (SSSR count).